The highest BCUT2D eigenvalue weighted by Gasteiger charge is 2.26. The maximum atomic E-state index is 12.8. The van der Waals surface area contributed by atoms with Gasteiger partial charge in [-0.3, -0.25) is 4.79 Å². The van der Waals surface area contributed by atoms with Gasteiger partial charge in [0.2, 0.25) is 10.0 Å². The number of carbonyl (C=O) groups is 1. The SMILES string of the molecule is CCN1CCN(CCCCNC(=O)c2cccc(S(=O)(=O)N3CCCCC3)c2)CC1. The molecule has 0 atom stereocenters. The molecule has 1 N–H and O–H groups in total. The molecule has 2 saturated heterocycles. The van der Waals surface area contributed by atoms with Crippen LogP contribution in [0, 0.1) is 0 Å². The predicted octanol–water partition coefficient (Wildman–Crippen LogP) is 2.01. The van der Waals surface area contributed by atoms with Gasteiger partial charge in [0.1, 0.15) is 0 Å². The van der Waals surface area contributed by atoms with Crippen LogP contribution in [0.25, 0.3) is 0 Å². The number of piperazine rings is 1. The molecule has 0 aliphatic carbocycles. The van der Waals surface area contributed by atoms with Gasteiger partial charge in [-0.2, -0.15) is 4.31 Å². The van der Waals surface area contributed by atoms with E-state index in [9.17, 15) is 13.2 Å². The summed E-state index contributed by atoms with van der Waals surface area (Å²) in [5, 5.41) is 2.94. The van der Waals surface area contributed by atoms with E-state index in [2.05, 4.69) is 22.0 Å². The second-order valence-electron chi connectivity index (χ2n) is 8.23. The zero-order valence-corrected chi connectivity index (χ0v) is 19.0. The Labute approximate surface area is 181 Å². The van der Waals surface area contributed by atoms with Gasteiger partial charge in [-0.05, 0) is 57.0 Å². The second kappa shape index (κ2) is 11.2. The fourth-order valence-corrected chi connectivity index (χ4v) is 5.71. The maximum Gasteiger partial charge on any atom is 0.251 e. The van der Waals surface area contributed by atoms with Crippen molar-refractivity contribution in [3.05, 3.63) is 29.8 Å². The topological polar surface area (TPSA) is 73.0 Å². The monoisotopic (exact) mass is 436 g/mol. The number of hydrogen-bond donors (Lipinski definition) is 1. The van der Waals surface area contributed by atoms with Gasteiger partial charge in [-0.25, -0.2) is 8.42 Å². The van der Waals surface area contributed by atoms with E-state index in [1.165, 1.54) is 10.4 Å². The molecule has 0 saturated carbocycles. The van der Waals surface area contributed by atoms with Crippen LogP contribution in [0.4, 0.5) is 0 Å². The fourth-order valence-electron chi connectivity index (χ4n) is 4.15. The summed E-state index contributed by atoms with van der Waals surface area (Å²) in [5.41, 5.74) is 0.406. The van der Waals surface area contributed by atoms with Crippen molar-refractivity contribution in [3.63, 3.8) is 0 Å². The average molecular weight is 437 g/mol. The molecular formula is C22H36N4O3S. The summed E-state index contributed by atoms with van der Waals surface area (Å²) in [6, 6.07) is 6.42. The molecule has 3 rings (SSSR count). The summed E-state index contributed by atoms with van der Waals surface area (Å²) in [7, 11) is -3.52. The van der Waals surface area contributed by atoms with Crippen LogP contribution >= 0.6 is 0 Å². The number of likely N-dealkylation sites (N-methyl/N-ethyl adjacent to an activating group) is 1. The van der Waals surface area contributed by atoms with Gasteiger partial charge in [0.15, 0.2) is 0 Å². The molecule has 0 unspecified atom stereocenters. The molecule has 2 heterocycles. The molecule has 2 aliphatic rings. The lowest BCUT2D eigenvalue weighted by molar-refractivity contribution is 0.0951. The van der Waals surface area contributed by atoms with Crippen LogP contribution in [0.2, 0.25) is 0 Å². The minimum atomic E-state index is -3.52. The highest BCUT2D eigenvalue weighted by Crippen LogP contribution is 2.21. The molecule has 0 bridgehead atoms. The number of piperidine rings is 1. The number of hydrogen-bond acceptors (Lipinski definition) is 5. The zero-order valence-electron chi connectivity index (χ0n) is 18.2. The van der Waals surface area contributed by atoms with E-state index in [4.69, 9.17) is 0 Å². The lowest BCUT2D eigenvalue weighted by Crippen LogP contribution is -2.46. The van der Waals surface area contributed by atoms with Crippen molar-refractivity contribution >= 4 is 15.9 Å². The first-order valence-electron chi connectivity index (χ1n) is 11.3. The minimum absolute atomic E-state index is 0.206. The second-order valence-corrected chi connectivity index (χ2v) is 10.2. The molecule has 0 spiro atoms. The highest BCUT2D eigenvalue weighted by molar-refractivity contribution is 7.89. The number of benzene rings is 1. The normalized spacial score (nSPS) is 19.6. The van der Waals surface area contributed by atoms with Gasteiger partial charge in [0.25, 0.3) is 5.91 Å². The first kappa shape index (κ1) is 23.2. The molecule has 1 amide bonds. The Morgan fingerprint density at radius 3 is 2.37 bits per heavy atom. The number of carbonyl (C=O) groups excluding carboxylic acids is 1. The van der Waals surface area contributed by atoms with Crippen molar-refractivity contribution in [2.24, 2.45) is 0 Å². The summed E-state index contributed by atoms with van der Waals surface area (Å²) in [5.74, 6) is -0.206. The average Bonchev–Trinajstić information content (AvgIpc) is 2.80. The van der Waals surface area contributed by atoms with E-state index in [0.29, 0.717) is 25.2 Å². The third kappa shape index (κ3) is 6.26. The van der Waals surface area contributed by atoms with Crippen molar-refractivity contribution in [1.82, 2.24) is 19.4 Å². The van der Waals surface area contributed by atoms with Gasteiger partial charge in [0.05, 0.1) is 4.90 Å². The predicted molar refractivity (Wildman–Crippen MR) is 119 cm³/mol. The van der Waals surface area contributed by atoms with E-state index in [1.54, 1.807) is 18.2 Å². The molecule has 8 heteroatoms. The van der Waals surface area contributed by atoms with Crippen molar-refractivity contribution in [2.45, 2.75) is 43.9 Å². The van der Waals surface area contributed by atoms with Crippen LogP contribution in [0.15, 0.2) is 29.2 Å². The van der Waals surface area contributed by atoms with Crippen LogP contribution in [0.3, 0.4) is 0 Å². The van der Waals surface area contributed by atoms with Crippen molar-refractivity contribution < 1.29 is 13.2 Å². The Morgan fingerprint density at radius 2 is 1.67 bits per heavy atom. The van der Waals surface area contributed by atoms with Crippen LogP contribution in [-0.4, -0.2) is 87.3 Å². The van der Waals surface area contributed by atoms with E-state index in [1.807, 2.05) is 0 Å². The van der Waals surface area contributed by atoms with Crippen LogP contribution in [0.1, 0.15) is 49.4 Å². The van der Waals surface area contributed by atoms with E-state index in [-0.39, 0.29) is 10.8 Å². The largest absolute Gasteiger partial charge is 0.352 e. The number of amides is 1. The lowest BCUT2D eigenvalue weighted by Gasteiger charge is -2.33. The standard InChI is InChI=1S/C22H36N4O3S/c1-2-24-15-17-25(18-16-24)12-7-4-11-23-22(27)20-9-8-10-21(19-20)30(28,29)26-13-5-3-6-14-26/h8-10,19H,2-7,11-18H2,1H3,(H,23,27). The molecule has 168 valence electrons. The maximum absolute atomic E-state index is 12.8. The molecule has 7 nitrogen and oxygen atoms in total. The van der Waals surface area contributed by atoms with Gasteiger partial charge in [0, 0.05) is 51.4 Å². The number of nitrogens with one attached hydrogen (secondary N) is 1. The first-order valence-corrected chi connectivity index (χ1v) is 12.8. The Bertz CT molecular complexity index is 785. The zero-order chi connectivity index (χ0) is 21.4. The van der Waals surface area contributed by atoms with Crippen molar-refractivity contribution in [1.29, 1.82) is 0 Å². The Hall–Kier alpha value is -1.48. The summed E-state index contributed by atoms with van der Waals surface area (Å²) in [6.45, 7) is 10.7. The third-order valence-electron chi connectivity index (χ3n) is 6.15. The first-order chi connectivity index (χ1) is 14.5. The smallest absolute Gasteiger partial charge is 0.251 e. The van der Waals surface area contributed by atoms with Gasteiger partial charge in [-0.15, -0.1) is 0 Å². The highest BCUT2D eigenvalue weighted by atomic mass is 32.2. The van der Waals surface area contributed by atoms with E-state index >= 15 is 0 Å². The molecule has 2 fully saturated rings. The molecule has 0 aromatic heterocycles. The molecule has 0 radical (unpaired) electrons. The molecule has 1 aromatic rings. The summed E-state index contributed by atoms with van der Waals surface area (Å²) in [6.07, 6.45) is 4.84. The Morgan fingerprint density at radius 1 is 0.967 bits per heavy atom. The molecule has 2 aliphatic heterocycles. The lowest BCUT2D eigenvalue weighted by atomic mass is 10.2. The fraction of sp³-hybridized carbons (Fsp3) is 0.682. The van der Waals surface area contributed by atoms with Gasteiger partial charge in [-0.1, -0.05) is 19.4 Å². The minimum Gasteiger partial charge on any atom is -0.352 e. The molecule has 30 heavy (non-hydrogen) atoms. The summed E-state index contributed by atoms with van der Waals surface area (Å²) < 4.78 is 27.2. The Kier molecular flexibility index (Phi) is 8.68. The van der Waals surface area contributed by atoms with Crippen molar-refractivity contribution in [3.8, 4) is 0 Å². The molecular weight excluding hydrogens is 400 g/mol. The van der Waals surface area contributed by atoms with Crippen LogP contribution < -0.4 is 5.32 Å². The van der Waals surface area contributed by atoms with Crippen molar-refractivity contribution in [2.75, 3.05) is 58.9 Å². The third-order valence-corrected chi connectivity index (χ3v) is 8.04. The number of nitrogens with zero attached hydrogens (tertiary/aromatic N) is 3. The van der Waals surface area contributed by atoms with Gasteiger partial charge < -0.3 is 15.1 Å². The summed E-state index contributed by atoms with van der Waals surface area (Å²) in [4.78, 5) is 17.7. The van der Waals surface area contributed by atoms with E-state index in [0.717, 1.165) is 71.4 Å². The number of rotatable bonds is 9. The quantitative estimate of drug-likeness (QED) is 0.600. The van der Waals surface area contributed by atoms with Gasteiger partial charge >= 0.3 is 0 Å². The van der Waals surface area contributed by atoms with E-state index < -0.39 is 10.0 Å². The number of unbranched alkanes of at least 4 members (excludes halogenated alkanes) is 1. The van der Waals surface area contributed by atoms with Crippen LogP contribution in [0.5, 0.6) is 0 Å². The summed E-state index contributed by atoms with van der Waals surface area (Å²) >= 11 is 0. The number of sulfonamides is 1. The Balaban J connectivity index is 1.43. The van der Waals surface area contributed by atoms with Crippen LogP contribution in [-0.2, 0) is 10.0 Å². The molecule has 1 aromatic carbocycles.